The summed E-state index contributed by atoms with van der Waals surface area (Å²) in [6.45, 7) is 4.94. The van der Waals surface area contributed by atoms with Gasteiger partial charge >= 0.3 is 0 Å². The molecule has 1 saturated heterocycles. The Balaban J connectivity index is 1.63. The van der Waals surface area contributed by atoms with Crippen molar-refractivity contribution in [1.82, 2.24) is 30.4 Å². The molecule has 1 aliphatic rings. The molecule has 1 N–H and O–H groups in total. The third-order valence-corrected chi connectivity index (χ3v) is 5.34. The van der Waals surface area contributed by atoms with E-state index < -0.39 is 0 Å². The van der Waals surface area contributed by atoms with Gasteiger partial charge in [0.15, 0.2) is 5.82 Å². The van der Waals surface area contributed by atoms with Crippen molar-refractivity contribution in [1.29, 1.82) is 0 Å². The molecule has 1 fully saturated rings. The van der Waals surface area contributed by atoms with E-state index in [0.29, 0.717) is 23.3 Å². The van der Waals surface area contributed by atoms with Crippen LogP contribution in [0.2, 0.25) is 5.02 Å². The summed E-state index contributed by atoms with van der Waals surface area (Å²) in [5.41, 5.74) is 1.87. The minimum atomic E-state index is 0.0580. The van der Waals surface area contributed by atoms with Gasteiger partial charge in [0.05, 0.1) is 6.54 Å². The molecule has 0 spiro atoms. The maximum atomic E-state index is 12.6. The molecule has 0 unspecified atom stereocenters. The summed E-state index contributed by atoms with van der Waals surface area (Å²) in [5, 5.41) is 16.0. The minimum Gasteiger partial charge on any atom is -0.339 e. The Morgan fingerprint density at radius 2 is 2.14 bits per heavy atom. The SMILES string of the molecule is CNCCC1CCN(C(=O)/C=C/c2ccc(Cl)cc2Cn2nnc(C)n2)CC1. The van der Waals surface area contributed by atoms with E-state index in [4.69, 9.17) is 11.6 Å². The lowest BCUT2D eigenvalue weighted by atomic mass is 9.93. The van der Waals surface area contributed by atoms with E-state index in [2.05, 4.69) is 20.7 Å². The first-order valence-corrected chi connectivity index (χ1v) is 10.1. The first-order chi connectivity index (χ1) is 13.5. The fraction of sp³-hybridized carbons (Fsp3) is 0.500. The van der Waals surface area contributed by atoms with E-state index in [0.717, 1.165) is 43.6 Å². The average molecular weight is 403 g/mol. The molecule has 7 nitrogen and oxygen atoms in total. The van der Waals surface area contributed by atoms with Crippen molar-refractivity contribution in [2.24, 2.45) is 5.92 Å². The molecule has 1 amide bonds. The molecular formula is C20H27ClN6O. The topological polar surface area (TPSA) is 75.9 Å². The van der Waals surface area contributed by atoms with Gasteiger partial charge in [0, 0.05) is 24.2 Å². The van der Waals surface area contributed by atoms with Gasteiger partial charge in [0.2, 0.25) is 5.91 Å². The van der Waals surface area contributed by atoms with Gasteiger partial charge in [-0.2, -0.15) is 4.80 Å². The number of nitrogens with zero attached hydrogens (tertiary/aromatic N) is 5. The summed E-state index contributed by atoms with van der Waals surface area (Å²) in [6, 6.07) is 5.61. The van der Waals surface area contributed by atoms with Crippen LogP contribution in [-0.2, 0) is 11.3 Å². The van der Waals surface area contributed by atoms with Crippen LogP contribution in [0.25, 0.3) is 6.08 Å². The van der Waals surface area contributed by atoms with Crippen molar-refractivity contribution < 1.29 is 4.79 Å². The molecule has 2 heterocycles. The van der Waals surface area contributed by atoms with Crippen LogP contribution in [0.15, 0.2) is 24.3 Å². The Kier molecular flexibility index (Phi) is 7.17. The second-order valence-electron chi connectivity index (χ2n) is 7.20. The van der Waals surface area contributed by atoms with Crippen LogP contribution < -0.4 is 5.32 Å². The monoisotopic (exact) mass is 402 g/mol. The van der Waals surface area contributed by atoms with E-state index in [1.54, 1.807) is 13.0 Å². The van der Waals surface area contributed by atoms with Crippen molar-refractivity contribution in [3.05, 3.63) is 46.2 Å². The molecule has 0 aliphatic carbocycles. The van der Waals surface area contributed by atoms with E-state index >= 15 is 0 Å². The van der Waals surface area contributed by atoms with Crippen molar-refractivity contribution in [2.75, 3.05) is 26.7 Å². The van der Waals surface area contributed by atoms with Gasteiger partial charge in [-0.15, -0.1) is 10.2 Å². The molecule has 1 aliphatic heterocycles. The number of tetrazole rings is 1. The number of amides is 1. The highest BCUT2D eigenvalue weighted by Crippen LogP contribution is 2.21. The van der Waals surface area contributed by atoms with Gasteiger partial charge in [-0.1, -0.05) is 17.7 Å². The van der Waals surface area contributed by atoms with Crippen molar-refractivity contribution in [3.8, 4) is 0 Å². The standard InChI is InChI=1S/C20H27ClN6O/c1-15-23-25-27(24-15)14-18-13-19(21)5-3-17(18)4-6-20(28)26-11-8-16(9-12-26)7-10-22-2/h3-6,13,16,22H,7-12,14H2,1-2H3/b6-4+. The maximum absolute atomic E-state index is 12.6. The predicted molar refractivity (Wildman–Crippen MR) is 110 cm³/mol. The molecule has 150 valence electrons. The zero-order valence-corrected chi connectivity index (χ0v) is 17.2. The number of carbonyl (C=O) groups is 1. The summed E-state index contributed by atoms with van der Waals surface area (Å²) in [6.07, 6.45) is 6.83. The normalized spacial score (nSPS) is 15.5. The van der Waals surface area contributed by atoms with Gasteiger partial charge < -0.3 is 10.2 Å². The Morgan fingerprint density at radius 3 is 2.82 bits per heavy atom. The Morgan fingerprint density at radius 1 is 1.36 bits per heavy atom. The third kappa shape index (κ3) is 5.62. The van der Waals surface area contributed by atoms with Crippen LogP contribution in [-0.4, -0.2) is 57.7 Å². The molecule has 3 rings (SSSR count). The van der Waals surface area contributed by atoms with Gasteiger partial charge in [0.1, 0.15) is 0 Å². The maximum Gasteiger partial charge on any atom is 0.246 e. The smallest absolute Gasteiger partial charge is 0.246 e. The molecule has 28 heavy (non-hydrogen) atoms. The van der Waals surface area contributed by atoms with Gasteiger partial charge in [0.25, 0.3) is 0 Å². The summed E-state index contributed by atoms with van der Waals surface area (Å²) < 4.78 is 0. The number of carbonyl (C=O) groups excluding carboxylic acids is 1. The zero-order chi connectivity index (χ0) is 19.9. The molecule has 0 radical (unpaired) electrons. The van der Waals surface area contributed by atoms with Crippen molar-refractivity contribution in [2.45, 2.75) is 32.7 Å². The van der Waals surface area contributed by atoms with E-state index in [9.17, 15) is 4.79 Å². The van der Waals surface area contributed by atoms with E-state index in [1.165, 1.54) is 11.2 Å². The fourth-order valence-electron chi connectivity index (χ4n) is 3.47. The second-order valence-corrected chi connectivity index (χ2v) is 7.64. The van der Waals surface area contributed by atoms with Crippen molar-refractivity contribution >= 4 is 23.6 Å². The molecule has 0 saturated carbocycles. The number of hydrogen-bond donors (Lipinski definition) is 1. The quantitative estimate of drug-likeness (QED) is 0.720. The lowest BCUT2D eigenvalue weighted by molar-refractivity contribution is -0.127. The number of aryl methyl sites for hydroxylation is 1. The number of rotatable bonds is 7. The first kappa shape index (κ1) is 20.5. The number of benzene rings is 1. The number of aromatic nitrogens is 4. The van der Waals surface area contributed by atoms with Crippen molar-refractivity contribution in [3.63, 3.8) is 0 Å². The summed E-state index contributed by atoms with van der Waals surface area (Å²) in [7, 11) is 1.98. The second kappa shape index (κ2) is 9.80. The number of likely N-dealkylation sites (tertiary alicyclic amines) is 1. The molecule has 1 aromatic carbocycles. The van der Waals surface area contributed by atoms with E-state index in [-0.39, 0.29) is 5.91 Å². The number of nitrogens with one attached hydrogen (secondary N) is 1. The summed E-state index contributed by atoms with van der Waals surface area (Å²) >= 11 is 6.15. The summed E-state index contributed by atoms with van der Waals surface area (Å²) in [5.74, 6) is 1.39. The lowest BCUT2D eigenvalue weighted by Crippen LogP contribution is -2.38. The zero-order valence-electron chi connectivity index (χ0n) is 16.4. The average Bonchev–Trinajstić information content (AvgIpc) is 3.10. The Bertz CT molecular complexity index is 826. The van der Waals surface area contributed by atoms with Gasteiger partial charge in [-0.3, -0.25) is 4.79 Å². The predicted octanol–water partition coefficient (Wildman–Crippen LogP) is 2.54. The summed E-state index contributed by atoms with van der Waals surface area (Å²) in [4.78, 5) is 16.1. The molecule has 1 aromatic heterocycles. The molecule has 0 atom stereocenters. The highest BCUT2D eigenvalue weighted by atomic mass is 35.5. The third-order valence-electron chi connectivity index (χ3n) is 5.10. The van der Waals surface area contributed by atoms with Crippen LogP contribution in [0.3, 0.4) is 0 Å². The van der Waals surface area contributed by atoms with Crippen LogP contribution >= 0.6 is 11.6 Å². The van der Waals surface area contributed by atoms with Gasteiger partial charge in [-0.05, 0) is 80.2 Å². The lowest BCUT2D eigenvalue weighted by Gasteiger charge is -2.31. The fourth-order valence-corrected chi connectivity index (χ4v) is 3.67. The van der Waals surface area contributed by atoms with Crippen LogP contribution in [0.1, 0.15) is 36.2 Å². The Labute approximate surface area is 170 Å². The van der Waals surface area contributed by atoms with Gasteiger partial charge in [-0.25, -0.2) is 0 Å². The highest BCUT2D eigenvalue weighted by molar-refractivity contribution is 6.30. The molecular weight excluding hydrogens is 376 g/mol. The molecule has 2 aromatic rings. The van der Waals surface area contributed by atoms with Crippen LogP contribution in [0, 0.1) is 12.8 Å². The number of halogens is 1. The largest absolute Gasteiger partial charge is 0.339 e. The Hall–Kier alpha value is -2.25. The molecule has 0 bridgehead atoms. The van der Waals surface area contributed by atoms with Crippen LogP contribution in [0.5, 0.6) is 0 Å². The first-order valence-electron chi connectivity index (χ1n) is 9.69. The highest BCUT2D eigenvalue weighted by Gasteiger charge is 2.21. The number of hydrogen-bond acceptors (Lipinski definition) is 5. The van der Waals surface area contributed by atoms with E-state index in [1.807, 2.05) is 36.2 Å². The van der Waals surface area contributed by atoms with Crippen LogP contribution in [0.4, 0.5) is 0 Å². The number of piperidine rings is 1. The molecule has 8 heteroatoms. The minimum absolute atomic E-state index is 0.0580.